The maximum Gasteiger partial charge on any atom is 0.266 e. The van der Waals surface area contributed by atoms with Crippen LogP contribution in [0.5, 0.6) is 0 Å². The molecule has 1 aliphatic heterocycles. The van der Waals surface area contributed by atoms with Crippen molar-refractivity contribution in [3.8, 4) is 11.3 Å². The van der Waals surface area contributed by atoms with Gasteiger partial charge in [-0.1, -0.05) is 84.5 Å². The summed E-state index contributed by atoms with van der Waals surface area (Å²) in [5.41, 5.74) is 2.79. The Morgan fingerprint density at radius 2 is 1.85 bits per heavy atom. The van der Waals surface area contributed by atoms with E-state index in [4.69, 9.17) is 23.8 Å². The molecule has 2 heterocycles. The topological polar surface area (TPSA) is 62.3 Å². The van der Waals surface area contributed by atoms with Crippen LogP contribution in [0.1, 0.15) is 31.2 Å². The van der Waals surface area contributed by atoms with Gasteiger partial charge in [0.2, 0.25) is 5.91 Å². The summed E-state index contributed by atoms with van der Waals surface area (Å²) in [4.78, 5) is 31.7. The van der Waals surface area contributed by atoms with Crippen molar-refractivity contribution in [2.45, 2.75) is 25.7 Å². The van der Waals surface area contributed by atoms with Crippen molar-refractivity contribution < 1.29 is 9.59 Å². The molecule has 0 saturated carbocycles. The predicted molar refractivity (Wildman–Crippen MR) is 146 cm³/mol. The lowest BCUT2D eigenvalue weighted by atomic mass is 10.1. The predicted octanol–water partition coefficient (Wildman–Crippen LogP) is 6.86. The van der Waals surface area contributed by atoms with Crippen LogP contribution in [0.3, 0.4) is 0 Å². The minimum atomic E-state index is -0.0688. The highest BCUT2D eigenvalue weighted by Gasteiger charge is 2.31. The molecule has 0 unspecified atom stereocenters. The highest BCUT2D eigenvalue weighted by molar-refractivity contribution is 8.26. The van der Waals surface area contributed by atoms with Crippen LogP contribution < -0.4 is 5.32 Å². The Balaban J connectivity index is 1.18. The normalized spacial score (nSPS) is 14.7. The average molecular weight is 528 g/mol. The van der Waals surface area contributed by atoms with Crippen LogP contribution in [-0.2, 0) is 9.59 Å². The quantitative estimate of drug-likeness (QED) is 0.187. The fraction of sp³-hybridized carbons (Fsp3) is 0.200. The van der Waals surface area contributed by atoms with E-state index in [0.717, 1.165) is 36.1 Å². The summed E-state index contributed by atoms with van der Waals surface area (Å²) in [5, 5.41) is 6.07. The molecular weight excluding hydrogens is 506 g/mol. The Morgan fingerprint density at radius 3 is 2.62 bits per heavy atom. The molecule has 174 valence electrons. The van der Waals surface area contributed by atoms with Gasteiger partial charge in [0, 0.05) is 28.9 Å². The van der Waals surface area contributed by atoms with Gasteiger partial charge in [0.1, 0.15) is 4.32 Å². The number of benzene rings is 2. The molecule has 1 N–H and O–H groups in total. The van der Waals surface area contributed by atoms with Gasteiger partial charge in [0.15, 0.2) is 5.13 Å². The van der Waals surface area contributed by atoms with Crippen molar-refractivity contribution >= 4 is 74.3 Å². The average Bonchev–Trinajstić information content (AvgIpc) is 3.40. The van der Waals surface area contributed by atoms with E-state index in [-0.39, 0.29) is 11.8 Å². The molecular formula is C25H22ClN3O2S3. The van der Waals surface area contributed by atoms with Crippen molar-refractivity contribution in [1.29, 1.82) is 0 Å². The van der Waals surface area contributed by atoms with E-state index < -0.39 is 0 Å². The molecule has 2 aromatic carbocycles. The molecule has 0 aliphatic carbocycles. The SMILES string of the molecule is O=C(CCCCCN1C(=O)/C(=C/c2ccc(Cl)cc2)SC1=S)Nc1nc(-c2ccccc2)cs1. The number of carbonyl (C=O) groups excluding carboxylic acids is 2. The van der Waals surface area contributed by atoms with Gasteiger partial charge >= 0.3 is 0 Å². The van der Waals surface area contributed by atoms with Crippen LogP contribution >= 0.6 is 46.9 Å². The van der Waals surface area contributed by atoms with Crippen molar-refractivity contribution in [1.82, 2.24) is 9.88 Å². The Bertz CT molecular complexity index is 1210. The molecule has 9 heteroatoms. The molecule has 0 bridgehead atoms. The number of amides is 2. The van der Waals surface area contributed by atoms with Gasteiger partial charge in [-0.05, 0) is 36.6 Å². The minimum absolute atomic E-state index is 0.0505. The zero-order valence-corrected chi connectivity index (χ0v) is 21.4. The number of thiocarbonyl (C=S) groups is 1. The number of thioether (sulfide) groups is 1. The lowest BCUT2D eigenvalue weighted by Crippen LogP contribution is -2.29. The molecule has 1 saturated heterocycles. The number of unbranched alkanes of at least 4 members (excludes halogenated alkanes) is 2. The first kappa shape index (κ1) is 24.6. The third-order valence-corrected chi connectivity index (χ3v) is 7.53. The second-order valence-electron chi connectivity index (χ2n) is 7.65. The van der Waals surface area contributed by atoms with Crippen LogP contribution in [0, 0.1) is 0 Å². The number of carbonyl (C=O) groups is 2. The van der Waals surface area contributed by atoms with E-state index in [1.54, 1.807) is 17.0 Å². The van der Waals surface area contributed by atoms with Gasteiger partial charge < -0.3 is 5.32 Å². The molecule has 1 aromatic heterocycles. The molecule has 34 heavy (non-hydrogen) atoms. The number of rotatable bonds is 9. The summed E-state index contributed by atoms with van der Waals surface area (Å²) in [6.45, 7) is 0.553. The van der Waals surface area contributed by atoms with Crippen molar-refractivity contribution in [2.75, 3.05) is 11.9 Å². The first-order valence-electron chi connectivity index (χ1n) is 10.8. The number of halogens is 1. The Morgan fingerprint density at radius 1 is 1.09 bits per heavy atom. The van der Waals surface area contributed by atoms with Crippen LogP contribution in [0.2, 0.25) is 5.02 Å². The third-order valence-electron chi connectivity index (χ3n) is 5.15. The molecule has 0 radical (unpaired) electrons. The standard InChI is InChI=1S/C25H22ClN3O2S3/c26-19-12-10-17(11-13-19)15-21-23(31)29(25(32)34-21)14-6-2-5-9-22(30)28-24-27-20(16-33-24)18-7-3-1-4-8-18/h1,3-4,7-8,10-13,15-16H,2,5-6,9,14H2,(H,27,28,30)/b21-15-. The van der Waals surface area contributed by atoms with Gasteiger partial charge in [0.25, 0.3) is 5.91 Å². The highest BCUT2D eigenvalue weighted by atomic mass is 35.5. The second-order valence-corrected chi connectivity index (χ2v) is 10.6. The monoisotopic (exact) mass is 527 g/mol. The molecule has 2 amide bonds. The minimum Gasteiger partial charge on any atom is -0.302 e. The summed E-state index contributed by atoms with van der Waals surface area (Å²) >= 11 is 14.1. The van der Waals surface area contributed by atoms with Gasteiger partial charge in [-0.2, -0.15) is 0 Å². The van der Waals surface area contributed by atoms with Crippen molar-refractivity contribution in [2.24, 2.45) is 0 Å². The summed E-state index contributed by atoms with van der Waals surface area (Å²) in [6.07, 6.45) is 4.59. The lowest BCUT2D eigenvalue weighted by Gasteiger charge is -2.14. The summed E-state index contributed by atoms with van der Waals surface area (Å²) in [7, 11) is 0. The third kappa shape index (κ3) is 6.54. The molecule has 0 atom stereocenters. The molecule has 1 fully saturated rings. The first-order chi connectivity index (χ1) is 16.5. The number of aromatic nitrogens is 1. The van der Waals surface area contributed by atoms with E-state index in [1.165, 1.54) is 23.1 Å². The van der Waals surface area contributed by atoms with E-state index in [2.05, 4.69) is 10.3 Å². The van der Waals surface area contributed by atoms with Gasteiger partial charge in [-0.15, -0.1) is 11.3 Å². The van der Waals surface area contributed by atoms with E-state index >= 15 is 0 Å². The fourth-order valence-corrected chi connectivity index (χ4v) is 5.56. The molecule has 3 aromatic rings. The van der Waals surface area contributed by atoms with E-state index in [9.17, 15) is 9.59 Å². The first-order valence-corrected chi connectivity index (χ1v) is 13.3. The zero-order chi connectivity index (χ0) is 23.9. The van der Waals surface area contributed by atoms with Crippen LogP contribution in [0.25, 0.3) is 17.3 Å². The maximum absolute atomic E-state index is 12.7. The van der Waals surface area contributed by atoms with Crippen molar-refractivity contribution in [3.63, 3.8) is 0 Å². The van der Waals surface area contributed by atoms with Gasteiger partial charge in [-0.3, -0.25) is 14.5 Å². The molecule has 1 aliphatic rings. The zero-order valence-electron chi connectivity index (χ0n) is 18.2. The maximum atomic E-state index is 12.7. The van der Waals surface area contributed by atoms with Crippen LogP contribution in [0.15, 0.2) is 64.9 Å². The highest BCUT2D eigenvalue weighted by Crippen LogP contribution is 2.33. The number of nitrogens with one attached hydrogen (secondary N) is 1. The van der Waals surface area contributed by atoms with Crippen molar-refractivity contribution in [3.05, 3.63) is 75.5 Å². The van der Waals surface area contributed by atoms with E-state index in [1.807, 2.05) is 53.9 Å². The van der Waals surface area contributed by atoms with Gasteiger partial charge in [-0.25, -0.2) is 4.98 Å². The number of hydrogen-bond acceptors (Lipinski definition) is 6. The Kier molecular flexibility index (Phi) is 8.50. The van der Waals surface area contributed by atoms with Gasteiger partial charge in [0.05, 0.1) is 10.6 Å². The fourth-order valence-electron chi connectivity index (χ4n) is 3.39. The Hall–Kier alpha value is -2.52. The second kappa shape index (κ2) is 11.8. The molecule has 5 nitrogen and oxygen atoms in total. The number of nitrogens with zero attached hydrogens (tertiary/aromatic N) is 2. The number of thiazole rings is 1. The lowest BCUT2D eigenvalue weighted by molar-refractivity contribution is -0.122. The van der Waals surface area contributed by atoms with Crippen LogP contribution in [0.4, 0.5) is 5.13 Å². The molecule has 0 spiro atoms. The van der Waals surface area contributed by atoms with Crippen LogP contribution in [-0.4, -0.2) is 32.6 Å². The number of hydrogen-bond donors (Lipinski definition) is 1. The van der Waals surface area contributed by atoms with E-state index in [0.29, 0.717) is 32.3 Å². The smallest absolute Gasteiger partial charge is 0.266 e. The summed E-state index contributed by atoms with van der Waals surface area (Å²) in [5.74, 6) is -0.119. The summed E-state index contributed by atoms with van der Waals surface area (Å²) < 4.78 is 0.570. The molecule has 4 rings (SSSR count). The largest absolute Gasteiger partial charge is 0.302 e. The number of anilines is 1. The summed E-state index contributed by atoms with van der Waals surface area (Å²) in [6, 6.07) is 17.2. The Labute approximate surface area is 217 Å².